The third-order valence-corrected chi connectivity index (χ3v) is 3.88. The van der Waals surface area contributed by atoms with Crippen LogP contribution in [0.5, 0.6) is 5.75 Å². The van der Waals surface area contributed by atoms with Gasteiger partial charge in [-0.25, -0.2) is 4.39 Å². The Balaban J connectivity index is 2.25. The van der Waals surface area contributed by atoms with E-state index < -0.39 is 0 Å². The highest BCUT2D eigenvalue weighted by atomic mass is 19.1. The Hall–Kier alpha value is -2.03. The smallest absolute Gasteiger partial charge is 0.165 e. The van der Waals surface area contributed by atoms with Crippen molar-refractivity contribution in [1.29, 1.82) is 0 Å². The first-order valence-corrected chi connectivity index (χ1v) is 7.10. The van der Waals surface area contributed by atoms with E-state index in [1.807, 2.05) is 0 Å². The summed E-state index contributed by atoms with van der Waals surface area (Å²) in [5, 5.41) is 3.40. The van der Waals surface area contributed by atoms with Crippen LogP contribution in [0.3, 0.4) is 0 Å². The van der Waals surface area contributed by atoms with Crippen molar-refractivity contribution in [2.45, 2.75) is 33.7 Å². The molecule has 0 saturated carbocycles. The second-order valence-electron chi connectivity index (χ2n) is 5.51. The number of nitrogens with one attached hydrogen (secondary N) is 1. The van der Waals surface area contributed by atoms with Crippen LogP contribution in [-0.2, 0) is 0 Å². The highest BCUT2D eigenvalue weighted by Gasteiger charge is 2.11. The average molecular weight is 287 g/mol. The Labute approximate surface area is 126 Å². The van der Waals surface area contributed by atoms with Crippen LogP contribution in [0.1, 0.15) is 35.2 Å². The van der Waals surface area contributed by atoms with E-state index in [-0.39, 0.29) is 17.6 Å². The summed E-state index contributed by atoms with van der Waals surface area (Å²) < 4.78 is 18.5. The highest BCUT2D eigenvalue weighted by Crippen LogP contribution is 2.27. The number of methoxy groups -OCH3 is 1. The molecule has 112 valence electrons. The van der Waals surface area contributed by atoms with Crippen molar-refractivity contribution < 1.29 is 9.13 Å². The maximum atomic E-state index is 13.4. The number of aryl methyl sites for hydroxylation is 3. The second-order valence-corrected chi connectivity index (χ2v) is 5.51. The van der Waals surface area contributed by atoms with Gasteiger partial charge in [-0.1, -0.05) is 12.1 Å². The SMILES string of the molecule is COc1cc(NC(C)c2cc(C)c(C)cc2C)ccc1F. The van der Waals surface area contributed by atoms with Crippen LogP contribution in [-0.4, -0.2) is 7.11 Å². The molecule has 0 saturated heterocycles. The van der Waals surface area contributed by atoms with E-state index in [1.54, 1.807) is 12.1 Å². The van der Waals surface area contributed by atoms with Crippen molar-refractivity contribution in [2.75, 3.05) is 12.4 Å². The Morgan fingerprint density at radius 2 is 1.67 bits per heavy atom. The average Bonchev–Trinajstić information content (AvgIpc) is 2.44. The van der Waals surface area contributed by atoms with E-state index >= 15 is 0 Å². The van der Waals surface area contributed by atoms with Crippen molar-refractivity contribution >= 4 is 5.69 Å². The summed E-state index contributed by atoms with van der Waals surface area (Å²) in [5.74, 6) is -0.0953. The van der Waals surface area contributed by atoms with Gasteiger partial charge in [-0.15, -0.1) is 0 Å². The largest absolute Gasteiger partial charge is 0.494 e. The van der Waals surface area contributed by atoms with E-state index in [0.717, 1.165) is 5.69 Å². The fourth-order valence-electron chi connectivity index (χ4n) is 2.53. The molecule has 2 rings (SSSR count). The van der Waals surface area contributed by atoms with Gasteiger partial charge in [-0.05, 0) is 62.1 Å². The first-order valence-electron chi connectivity index (χ1n) is 7.10. The van der Waals surface area contributed by atoms with E-state index in [2.05, 4.69) is 45.1 Å². The van der Waals surface area contributed by atoms with Crippen molar-refractivity contribution in [1.82, 2.24) is 0 Å². The van der Waals surface area contributed by atoms with Gasteiger partial charge < -0.3 is 10.1 Å². The normalized spacial score (nSPS) is 12.1. The van der Waals surface area contributed by atoms with Crippen LogP contribution >= 0.6 is 0 Å². The zero-order valence-electron chi connectivity index (χ0n) is 13.3. The van der Waals surface area contributed by atoms with Gasteiger partial charge >= 0.3 is 0 Å². The second kappa shape index (κ2) is 6.17. The summed E-state index contributed by atoms with van der Waals surface area (Å²) in [7, 11) is 1.47. The molecule has 0 heterocycles. The van der Waals surface area contributed by atoms with Crippen molar-refractivity contribution in [3.8, 4) is 5.75 Å². The molecule has 0 bridgehead atoms. The summed E-state index contributed by atoms with van der Waals surface area (Å²) in [6.45, 7) is 8.46. The lowest BCUT2D eigenvalue weighted by atomic mass is 9.96. The maximum Gasteiger partial charge on any atom is 0.165 e. The van der Waals surface area contributed by atoms with Gasteiger partial charge in [0, 0.05) is 17.8 Å². The molecular weight excluding hydrogens is 265 g/mol. The Morgan fingerprint density at radius 1 is 1.00 bits per heavy atom. The topological polar surface area (TPSA) is 21.3 Å². The van der Waals surface area contributed by atoms with Crippen LogP contribution in [0, 0.1) is 26.6 Å². The minimum absolute atomic E-state index is 0.138. The van der Waals surface area contributed by atoms with Crippen LogP contribution < -0.4 is 10.1 Å². The Morgan fingerprint density at radius 3 is 2.33 bits per heavy atom. The molecule has 1 unspecified atom stereocenters. The molecule has 0 aliphatic heterocycles. The van der Waals surface area contributed by atoms with E-state index in [0.29, 0.717) is 0 Å². The number of hydrogen-bond acceptors (Lipinski definition) is 2. The van der Waals surface area contributed by atoms with Gasteiger partial charge in [0.05, 0.1) is 7.11 Å². The zero-order valence-corrected chi connectivity index (χ0v) is 13.3. The summed E-state index contributed by atoms with van der Waals surface area (Å²) in [6.07, 6.45) is 0. The third-order valence-electron chi connectivity index (χ3n) is 3.88. The number of hydrogen-bond donors (Lipinski definition) is 1. The molecule has 2 nitrogen and oxygen atoms in total. The molecule has 0 spiro atoms. The summed E-state index contributed by atoms with van der Waals surface area (Å²) >= 11 is 0. The van der Waals surface area contributed by atoms with E-state index in [4.69, 9.17) is 4.74 Å². The molecule has 2 aromatic rings. The predicted octanol–water partition coefficient (Wildman–Crippen LogP) is 4.93. The molecule has 0 radical (unpaired) electrons. The minimum Gasteiger partial charge on any atom is -0.494 e. The Kier molecular flexibility index (Phi) is 4.51. The maximum absolute atomic E-state index is 13.4. The van der Waals surface area contributed by atoms with Crippen LogP contribution in [0.2, 0.25) is 0 Å². The van der Waals surface area contributed by atoms with E-state index in [1.165, 1.54) is 35.4 Å². The molecule has 0 aliphatic rings. The van der Waals surface area contributed by atoms with Gasteiger partial charge in [0.15, 0.2) is 11.6 Å². The summed E-state index contributed by atoms with van der Waals surface area (Å²) in [6, 6.07) is 9.38. The molecule has 0 aromatic heterocycles. The van der Waals surface area contributed by atoms with E-state index in [9.17, 15) is 4.39 Å². The third kappa shape index (κ3) is 3.35. The molecular formula is C18H22FNO. The number of anilines is 1. The number of benzene rings is 2. The molecule has 0 fully saturated rings. The summed E-state index contributed by atoms with van der Waals surface area (Å²) in [4.78, 5) is 0. The van der Waals surface area contributed by atoms with Gasteiger partial charge in [0.2, 0.25) is 0 Å². The van der Waals surface area contributed by atoms with Crippen molar-refractivity contribution in [2.24, 2.45) is 0 Å². The van der Waals surface area contributed by atoms with Gasteiger partial charge in [-0.3, -0.25) is 0 Å². The quantitative estimate of drug-likeness (QED) is 0.860. The zero-order chi connectivity index (χ0) is 15.6. The molecule has 0 aliphatic carbocycles. The van der Waals surface area contributed by atoms with Gasteiger partial charge in [0.25, 0.3) is 0 Å². The predicted molar refractivity (Wildman–Crippen MR) is 85.6 cm³/mol. The van der Waals surface area contributed by atoms with Crippen molar-refractivity contribution in [3.63, 3.8) is 0 Å². The summed E-state index contributed by atoms with van der Waals surface area (Å²) in [5.41, 5.74) is 5.93. The standard InChI is InChI=1S/C18H22FNO/c1-11-8-13(3)16(9-12(11)2)14(4)20-15-6-7-17(19)18(10-15)21-5/h6-10,14,20H,1-5H3. The molecule has 2 aromatic carbocycles. The Bertz CT molecular complexity index is 652. The molecule has 3 heteroatoms. The van der Waals surface area contributed by atoms with Gasteiger partial charge in [-0.2, -0.15) is 0 Å². The van der Waals surface area contributed by atoms with Crippen molar-refractivity contribution in [3.05, 3.63) is 58.4 Å². The fourth-order valence-corrected chi connectivity index (χ4v) is 2.53. The lowest BCUT2D eigenvalue weighted by Gasteiger charge is -2.20. The minimum atomic E-state index is -0.349. The number of halogens is 1. The first kappa shape index (κ1) is 15.4. The molecule has 1 N–H and O–H groups in total. The fraction of sp³-hybridized carbons (Fsp3) is 0.333. The van der Waals surface area contributed by atoms with Crippen LogP contribution in [0.4, 0.5) is 10.1 Å². The molecule has 0 amide bonds. The molecule has 21 heavy (non-hydrogen) atoms. The van der Waals surface area contributed by atoms with Crippen LogP contribution in [0.15, 0.2) is 30.3 Å². The lowest BCUT2D eigenvalue weighted by molar-refractivity contribution is 0.387. The molecule has 1 atom stereocenters. The highest BCUT2D eigenvalue weighted by molar-refractivity contribution is 5.51. The monoisotopic (exact) mass is 287 g/mol. The van der Waals surface area contributed by atoms with Gasteiger partial charge in [0.1, 0.15) is 0 Å². The van der Waals surface area contributed by atoms with Crippen LogP contribution in [0.25, 0.3) is 0 Å². The number of ether oxygens (including phenoxy) is 1. The first-order chi connectivity index (χ1) is 9.92. The number of rotatable bonds is 4. The lowest BCUT2D eigenvalue weighted by Crippen LogP contribution is -2.09.